The molecule has 0 fully saturated rings. The zero-order chi connectivity index (χ0) is 12.3. The van der Waals surface area contributed by atoms with Crippen LogP contribution < -0.4 is 5.32 Å². The number of alkyl halides is 1. The topological polar surface area (TPSA) is 29.1 Å². The van der Waals surface area contributed by atoms with Crippen LogP contribution in [0.2, 0.25) is 0 Å². The third-order valence-electron chi connectivity index (χ3n) is 2.56. The summed E-state index contributed by atoms with van der Waals surface area (Å²) in [5.74, 6) is -0.114. The zero-order valence-electron chi connectivity index (χ0n) is 9.57. The number of halogens is 1. The van der Waals surface area contributed by atoms with E-state index in [0.717, 1.165) is 22.1 Å². The Bertz CT molecular complexity index is 523. The summed E-state index contributed by atoms with van der Waals surface area (Å²) in [6.45, 7) is 2.69. The van der Waals surface area contributed by atoms with Gasteiger partial charge in [-0.1, -0.05) is 25.1 Å². The Morgan fingerprint density at radius 3 is 3.00 bits per heavy atom. The van der Waals surface area contributed by atoms with E-state index in [2.05, 4.69) is 5.32 Å². The van der Waals surface area contributed by atoms with Crippen LogP contribution in [0, 0.1) is 0 Å². The molecule has 0 saturated heterocycles. The van der Waals surface area contributed by atoms with Crippen molar-refractivity contribution >= 4 is 38.9 Å². The first-order valence-electron chi connectivity index (χ1n) is 5.62. The first-order valence-corrected chi connectivity index (χ1v) is 6.93. The van der Waals surface area contributed by atoms with E-state index in [1.54, 1.807) is 11.3 Å². The van der Waals surface area contributed by atoms with E-state index in [0.29, 0.717) is 6.54 Å². The molecule has 0 aliphatic rings. The van der Waals surface area contributed by atoms with Gasteiger partial charge >= 0.3 is 0 Å². The van der Waals surface area contributed by atoms with Crippen molar-refractivity contribution in [2.24, 2.45) is 0 Å². The fourth-order valence-corrected chi connectivity index (χ4v) is 2.99. The van der Waals surface area contributed by atoms with Crippen molar-refractivity contribution in [3.8, 4) is 0 Å². The van der Waals surface area contributed by atoms with Crippen LogP contribution in [0.25, 0.3) is 10.1 Å². The number of rotatable bonds is 4. The fourth-order valence-electron chi connectivity index (χ4n) is 1.67. The van der Waals surface area contributed by atoms with Gasteiger partial charge in [0, 0.05) is 11.2 Å². The second-order valence-corrected chi connectivity index (χ2v) is 5.19. The average Bonchev–Trinajstić information content (AvgIpc) is 2.78. The molecule has 90 valence electrons. The van der Waals surface area contributed by atoms with Crippen LogP contribution >= 0.6 is 22.9 Å². The Labute approximate surface area is 110 Å². The summed E-state index contributed by atoms with van der Waals surface area (Å²) in [5, 5.41) is 5.26. The standard InChI is InChI=1S/C13H14ClNOS/c1-2-7-15-13(16)12(14)10-8-17-11-6-4-3-5-9(10)11/h3-6,8,12H,2,7H2,1H3,(H,15,16). The molecule has 1 atom stereocenters. The lowest BCUT2D eigenvalue weighted by atomic mass is 10.1. The van der Waals surface area contributed by atoms with E-state index < -0.39 is 5.38 Å². The van der Waals surface area contributed by atoms with Crippen molar-refractivity contribution in [3.05, 3.63) is 35.2 Å². The SMILES string of the molecule is CCCNC(=O)C(Cl)c1csc2ccccc12. The predicted molar refractivity (Wildman–Crippen MR) is 73.7 cm³/mol. The van der Waals surface area contributed by atoms with Crippen LogP contribution in [-0.2, 0) is 4.79 Å². The van der Waals surface area contributed by atoms with Crippen LogP contribution in [0.15, 0.2) is 29.6 Å². The van der Waals surface area contributed by atoms with Crippen molar-refractivity contribution in [2.75, 3.05) is 6.54 Å². The van der Waals surface area contributed by atoms with Crippen LogP contribution in [0.4, 0.5) is 0 Å². The van der Waals surface area contributed by atoms with Gasteiger partial charge in [-0.2, -0.15) is 0 Å². The van der Waals surface area contributed by atoms with E-state index in [4.69, 9.17) is 11.6 Å². The largest absolute Gasteiger partial charge is 0.355 e. The Kier molecular flexibility index (Phi) is 4.02. The van der Waals surface area contributed by atoms with Crippen LogP contribution in [0.5, 0.6) is 0 Å². The minimum absolute atomic E-state index is 0.114. The number of hydrogen-bond donors (Lipinski definition) is 1. The first-order chi connectivity index (χ1) is 8.24. The lowest BCUT2D eigenvalue weighted by Gasteiger charge is -2.09. The van der Waals surface area contributed by atoms with Crippen LogP contribution in [0.3, 0.4) is 0 Å². The lowest BCUT2D eigenvalue weighted by molar-refractivity contribution is -0.120. The average molecular weight is 268 g/mol. The van der Waals surface area contributed by atoms with Gasteiger partial charge < -0.3 is 5.32 Å². The third kappa shape index (κ3) is 2.61. The maximum atomic E-state index is 11.8. The van der Waals surface area contributed by atoms with E-state index in [1.807, 2.05) is 36.6 Å². The first kappa shape index (κ1) is 12.4. The third-order valence-corrected chi connectivity index (χ3v) is 3.98. The van der Waals surface area contributed by atoms with Crippen molar-refractivity contribution in [1.82, 2.24) is 5.32 Å². The minimum atomic E-state index is -0.599. The molecule has 1 heterocycles. The number of carbonyl (C=O) groups is 1. The molecule has 0 aliphatic heterocycles. The highest BCUT2D eigenvalue weighted by atomic mass is 35.5. The number of thiophene rings is 1. The van der Waals surface area contributed by atoms with Gasteiger partial charge in [0.15, 0.2) is 0 Å². The fraction of sp³-hybridized carbons (Fsp3) is 0.308. The molecule has 1 amide bonds. The van der Waals surface area contributed by atoms with Crippen molar-refractivity contribution in [3.63, 3.8) is 0 Å². The lowest BCUT2D eigenvalue weighted by Crippen LogP contribution is -2.27. The molecule has 1 unspecified atom stereocenters. The molecule has 2 nitrogen and oxygen atoms in total. The van der Waals surface area contributed by atoms with Gasteiger partial charge in [0.1, 0.15) is 5.38 Å². The molecule has 1 N–H and O–H groups in total. The summed E-state index contributed by atoms with van der Waals surface area (Å²) in [5.41, 5.74) is 0.904. The monoisotopic (exact) mass is 267 g/mol. The molecule has 0 spiro atoms. The highest BCUT2D eigenvalue weighted by molar-refractivity contribution is 7.17. The Balaban J connectivity index is 2.24. The van der Waals surface area contributed by atoms with E-state index in [1.165, 1.54) is 0 Å². The summed E-state index contributed by atoms with van der Waals surface area (Å²) < 4.78 is 1.16. The van der Waals surface area contributed by atoms with Gasteiger partial charge in [0.2, 0.25) is 5.91 Å². The summed E-state index contributed by atoms with van der Waals surface area (Å²) in [4.78, 5) is 11.8. The minimum Gasteiger partial charge on any atom is -0.355 e. The van der Waals surface area contributed by atoms with Gasteiger partial charge in [-0.3, -0.25) is 4.79 Å². The maximum absolute atomic E-state index is 11.8. The molecule has 0 aliphatic carbocycles. The van der Waals surface area contributed by atoms with Crippen LogP contribution in [-0.4, -0.2) is 12.5 Å². The second kappa shape index (κ2) is 5.52. The van der Waals surface area contributed by atoms with Crippen molar-refractivity contribution < 1.29 is 4.79 Å². The molecule has 2 rings (SSSR count). The molecular formula is C13H14ClNOS. The van der Waals surface area contributed by atoms with E-state index in [-0.39, 0.29) is 5.91 Å². The smallest absolute Gasteiger partial charge is 0.242 e. The Hall–Kier alpha value is -1.06. The normalized spacial score (nSPS) is 12.6. The molecular weight excluding hydrogens is 254 g/mol. The van der Waals surface area contributed by atoms with Gasteiger partial charge in [0.25, 0.3) is 0 Å². The molecule has 0 saturated carbocycles. The molecule has 0 radical (unpaired) electrons. The van der Waals surface area contributed by atoms with Crippen LogP contribution in [0.1, 0.15) is 24.3 Å². The molecule has 17 heavy (non-hydrogen) atoms. The summed E-state index contributed by atoms with van der Waals surface area (Å²) in [7, 11) is 0. The quantitative estimate of drug-likeness (QED) is 0.841. The predicted octanol–water partition coefficient (Wildman–Crippen LogP) is 3.71. The molecule has 4 heteroatoms. The highest BCUT2D eigenvalue weighted by Gasteiger charge is 2.20. The van der Waals surface area contributed by atoms with Crippen molar-refractivity contribution in [2.45, 2.75) is 18.7 Å². The zero-order valence-corrected chi connectivity index (χ0v) is 11.1. The maximum Gasteiger partial charge on any atom is 0.242 e. The molecule has 1 aromatic heterocycles. The molecule has 2 aromatic rings. The molecule has 0 bridgehead atoms. The Morgan fingerprint density at radius 2 is 2.24 bits per heavy atom. The van der Waals surface area contributed by atoms with Gasteiger partial charge in [0.05, 0.1) is 0 Å². The van der Waals surface area contributed by atoms with Gasteiger partial charge in [-0.25, -0.2) is 0 Å². The Morgan fingerprint density at radius 1 is 1.47 bits per heavy atom. The molecule has 1 aromatic carbocycles. The number of carbonyl (C=O) groups excluding carboxylic acids is 1. The van der Waals surface area contributed by atoms with Gasteiger partial charge in [-0.15, -0.1) is 22.9 Å². The number of amides is 1. The van der Waals surface area contributed by atoms with E-state index >= 15 is 0 Å². The number of fused-ring (bicyclic) bond motifs is 1. The van der Waals surface area contributed by atoms with Gasteiger partial charge in [-0.05, 0) is 28.8 Å². The summed E-state index contributed by atoms with van der Waals surface area (Å²) >= 11 is 7.83. The number of benzene rings is 1. The summed E-state index contributed by atoms with van der Waals surface area (Å²) in [6.07, 6.45) is 0.916. The second-order valence-electron chi connectivity index (χ2n) is 3.84. The van der Waals surface area contributed by atoms with Crippen molar-refractivity contribution in [1.29, 1.82) is 0 Å². The van der Waals surface area contributed by atoms with E-state index in [9.17, 15) is 4.79 Å². The highest BCUT2D eigenvalue weighted by Crippen LogP contribution is 2.33. The summed E-state index contributed by atoms with van der Waals surface area (Å²) in [6, 6.07) is 8.00. The number of hydrogen-bond acceptors (Lipinski definition) is 2. The number of nitrogens with one attached hydrogen (secondary N) is 1.